The van der Waals surface area contributed by atoms with Crippen LogP contribution in [0.3, 0.4) is 0 Å². The molecule has 0 aliphatic rings. The van der Waals surface area contributed by atoms with E-state index in [1.165, 1.54) is 12.1 Å². The summed E-state index contributed by atoms with van der Waals surface area (Å²) in [5, 5.41) is 9.86. The first-order chi connectivity index (χ1) is 15.3. The largest absolute Gasteiger partial charge is 0.309 e. The van der Waals surface area contributed by atoms with Gasteiger partial charge in [0, 0.05) is 12.5 Å². The summed E-state index contributed by atoms with van der Waals surface area (Å²) in [4.78, 5) is 2.17. The normalized spacial score (nSPS) is 12.6. The van der Waals surface area contributed by atoms with E-state index in [0.29, 0.717) is 12.0 Å². The number of nitriles is 1. The highest BCUT2D eigenvalue weighted by Gasteiger charge is 2.27. The molecule has 0 aliphatic carbocycles. The number of rotatable bonds is 9. The highest BCUT2D eigenvalue weighted by Crippen LogP contribution is 2.31. The van der Waals surface area contributed by atoms with Gasteiger partial charge < -0.3 is 4.90 Å². The molecule has 0 amide bonds. The van der Waals surface area contributed by atoms with Gasteiger partial charge in [0.1, 0.15) is 0 Å². The molecule has 7 heteroatoms. The van der Waals surface area contributed by atoms with E-state index in [4.69, 9.17) is 11.8 Å². The molecular weight excluding hydrogens is 442 g/mol. The van der Waals surface area contributed by atoms with Crippen LogP contribution in [0.2, 0.25) is 0 Å². The molecule has 1 unspecified atom stereocenters. The predicted octanol–water partition coefficient (Wildman–Crippen LogP) is 5.11. The first-order valence-electron chi connectivity index (χ1n) is 10.3. The van der Waals surface area contributed by atoms with E-state index in [1.54, 1.807) is 18.2 Å². The lowest BCUT2D eigenvalue weighted by molar-refractivity contribution is 0.370. The Morgan fingerprint density at radius 3 is 2.16 bits per heavy atom. The van der Waals surface area contributed by atoms with Crippen LogP contribution >= 0.6 is 11.8 Å². The number of hydrogen-bond acceptors (Lipinski definition) is 4. The Morgan fingerprint density at radius 1 is 0.938 bits per heavy atom. The minimum absolute atomic E-state index is 0.0615. The third kappa shape index (κ3) is 5.76. The number of benzene rings is 3. The molecule has 3 aromatic carbocycles. The van der Waals surface area contributed by atoms with Crippen LogP contribution in [0, 0.1) is 11.3 Å². The monoisotopic (exact) mass is 467 g/mol. The topological polar surface area (TPSA) is 64.4 Å². The van der Waals surface area contributed by atoms with Gasteiger partial charge >= 0.3 is 0 Å². The van der Waals surface area contributed by atoms with Gasteiger partial charge in [0.15, 0.2) is 0 Å². The number of hydrogen-bond donors (Lipinski definition) is 0. The molecule has 0 radical (unpaired) electrons. The van der Waals surface area contributed by atoms with Gasteiger partial charge in [0.25, 0.3) is 10.0 Å². The van der Waals surface area contributed by atoms with Crippen molar-refractivity contribution in [1.82, 2.24) is 8.72 Å². The van der Waals surface area contributed by atoms with Crippen LogP contribution in [0.25, 0.3) is 11.1 Å². The van der Waals surface area contributed by atoms with Gasteiger partial charge in [-0.25, -0.2) is 8.42 Å². The standard InChI is InChI=1S/C25H26ClN3O2S/c1-28(2)16-15-22(19-29(26)32(30,31)24-11-7-4-8-12-24)25-14-13-21(17-23(25)18-27)20-9-5-3-6-10-20/h3-14,17,22H,15-16,19H2,1-2H3. The maximum atomic E-state index is 12.9. The van der Waals surface area contributed by atoms with E-state index < -0.39 is 10.0 Å². The highest BCUT2D eigenvalue weighted by atomic mass is 35.5. The Bertz CT molecular complexity index is 1180. The second kappa shape index (κ2) is 10.8. The fraction of sp³-hybridized carbons (Fsp3) is 0.240. The lowest BCUT2D eigenvalue weighted by Crippen LogP contribution is -2.29. The van der Waals surface area contributed by atoms with Crippen molar-refractivity contribution in [2.24, 2.45) is 0 Å². The van der Waals surface area contributed by atoms with Gasteiger partial charge in [-0.2, -0.15) is 5.26 Å². The fourth-order valence-corrected chi connectivity index (χ4v) is 5.07. The molecule has 5 nitrogen and oxygen atoms in total. The van der Waals surface area contributed by atoms with Gasteiger partial charge in [-0.1, -0.05) is 60.7 Å². The van der Waals surface area contributed by atoms with Crippen molar-refractivity contribution in [3.63, 3.8) is 0 Å². The lowest BCUT2D eigenvalue weighted by Gasteiger charge is -2.24. The SMILES string of the molecule is CN(C)CCC(CN(Cl)S(=O)(=O)c1ccccc1)c1ccc(-c2ccccc2)cc1C#N. The van der Waals surface area contributed by atoms with Crippen molar-refractivity contribution < 1.29 is 8.42 Å². The minimum atomic E-state index is -3.85. The predicted molar refractivity (Wildman–Crippen MR) is 129 cm³/mol. The van der Waals surface area contributed by atoms with Crippen molar-refractivity contribution in [2.75, 3.05) is 27.2 Å². The summed E-state index contributed by atoms with van der Waals surface area (Å²) in [7, 11) is 0.0675. The van der Waals surface area contributed by atoms with Gasteiger partial charge in [0.05, 0.1) is 16.5 Å². The Balaban J connectivity index is 1.94. The first-order valence-corrected chi connectivity index (χ1v) is 12.1. The van der Waals surface area contributed by atoms with Crippen molar-refractivity contribution >= 4 is 21.8 Å². The van der Waals surface area contributed by atoms with Crippen molar-refractivity contribution in [1.29, 1.82) is 5.26 Å². The fourth-order valence-electron chi connectivity index (χ4n) is 3.56. The van der Waals surface area contributed by atoms with Crippen LogP contribution in [-0.2, 0) is 10.0 Å². The van der Waals surface area contributed by atoms with Crippen LogP contribution in [0.4, 0.5) is 0 Å². The van der Waals surface area contributed by atoms with Crippen molar-refractivity contribution in [3.05, 3.63) is 90.0 Å². The molecule has 0 saturated carbocycles. The Labute approximate surface area is 195 Å². The molecule has 0 bridgehead atoms. The number of nitrogens with zero attached hydrogens (tertiary/aromatic N) is 3. The molecule has 1 atom stereocenters. The maximum Gasteiger partial charge on any atom is 0.256 e. The third-order valence-corrected chi connectivity index (χ3v) is 7.53. The molecular formula is C25H26ClN3O2S. The number of sulfonamides is 1. The van der Waals surface area contributed by atoms with E-state index >= 15 is 0 Å². The minimum Gasteiger partial charge on any atom is -0.309 e. The number of halogens is 1. The molecule has 32 heavy (non-hydrogen) atoms. The molecule has 0 N–H and O–H groups in total. The molecule has 0 aliphatic heterocycles. The van der Waals surface area contributed by atoms with E-state index in [9.17, 15) is 13.7 Å². The molecule has 0 aromatic heterocycles. The van der Waals surface area contributed by atoms with E-state index in [0.717, 1.165) is 27.1 Å². The average Bonchev–Trinajstić information content (AvgIpc) is 2.82. The second-order valence-corrected chi connectivity index (χ2v) is 10.3. The van der Waals surface area contributed by atoms with Crippen LogP contribution in [0.15, 0.2) is 83.8 Å². The second-order valence-electron chi connectivity index (χ2n) is 7.86. The van der Waals surface area contributed by atoms with Gasteiger partial charge in [0.2, 0.25) is 0 Å². The summed E-state index contributed by atoms with van der Waals surface area (Å²) >= 11 is 6.34. The maximum absolute atomic E-state index is 12.9. The van der Waals surface area contributed by atoms with Crippen LogP contribution < -0.4 is 0 Å². The molecule has 0 heterocycles. The molecule has 0 saturated heterocycles. The zero-order valence-corrected chi connectivity index (χ0v) is 19.7. The summed E-state index contributed by atoms with van der Waals surface area (Å²) in [6.07, 6.45) is 0.653. The van der Waals surface area contributed by atoms with E-state index in [1.807, 2.05) is 67.5 Å². The van der Waals surface area contributed by atoms with E-state index in [2.05, 4.69) is 6.07 Å². The van der Waals surface area contributed by atoms with Gasteiger partial charge in [-0.05, 0) is 73.7 Å². The average molecular weight is 468 g/mol. The third-order valence-electron chi connectivity index (χ3n) is 5.31. The summed E-state index contributed by atoms with van der Waals surface area (Å²) in [5.41, 5.74) is 3.28. The lowest BCUT2D eigenvalue weighted by atomic mass is 9.89. The smallest absolute Gasteiger partial charge is 0.256 e. The van der Waals surface area contributed by atoms with Crippen LogP contribution in [-0.4, -0.2) is 44.3 Å². The zero-order chi connectivity index (χ0) is 23.1. The summed E-state index contributed by atoms with van der Waals surface area (Å²) in [6.45, 7) is 0.790. The highest BCUT2D eigenvalue weighted by molar-refractivity contribution is 7.90. The summed E-state index contributed by atoms with van der Waals surface area (Å²) in [6, 6.07) is 26.0. The molecule has 3 aromatic rings. The molecule has 166 valence electrons. The van der Waals surface area contributed by atoms with Crippen LogP contribution in [0.1, 0.15) is 23.5 Å². The molecule has 0 fully saturated rings. The Kier molecular flexibility index (Phi) is 8.05. The van der Waals surface area contributed by atoms with Gasteiger partial charge in [-0.3, -0.25) is 0 Å². The Hall–Kier alpha value is -2.69. The van der Waals surface area contributed by atoms with Crippen LogP contribution in [0.5, 0.6) is 0 Å². The van der Waals surface area contributed by atoms with Crippen molar-refractivity contribution in [3.8, 4) is 17.2 Å². The van der Waals surface area contributed by atoms with Crippen molar-refractivity contribution in [2.45, 2.75) is 17.2 Å². The molecule has 3 rings (SSSR count). The summed E-state index contributed by atoms with van der Waals surface area (Å²) in [5.74, 6) is -0.243. The Morgan fingerprint density at radius 2 is 1.56 bits per heavy atom. The first kappa shape index (κ1) is 24.0. The quantitative estimate of drug-likeness (QED) is 0.410. The summed E-state index contributed by atoms with van der Waals surface area (Å²) < 4.78 is 26.8. The van der Waals surface area contributed by atoms with E-state index in [-0.39, 0.29) is 17.4 Å². The zero-order valence-electron chi connectivity index (χ0n) is 18.1. The molecule has 0 spiro atoms. The van der Waals surface area contributed by atoms with Gasteiger partial charge in [-0.15, -0.1) is 3.82 Å².